The minimum Gasteiger partial charge on any atom is -0.352 e. The van der Waals surface area contributed by atoms with Crippen LogP contribution in [0, 0.1) is 6.92 Å². The van der Waals surface area contributed by atoms with Crippen molar-refractivity contribution in [3.05, 3.63) is 62.6 Å². The molecular formula is C24H30Cl3N3O4S. The molecule has 0 aliphatic carbocycles. The van der Waals surface area contributed by atoms with Gasteiger partial charge in [0.15, 0.2) is 0 Å². The highest BCUT2D eigenvalue weighted by Crippen LogP contribution is 2.29. The monoisotopic (exact) mass is 561 g/mol. The lowest BCUT2D eigenvalue weighted by atomic mass is 10.1. The minimum absolute atomic E-state index is 0.0178. The fourth-order valence-corrected chi connectivity index (χ4v) is 4.88. The van der Waals surface area contributed by atoms with Crippen LogP contribution in [-0.2, 0) is 26.2 Å². The van der Waals surface area contributed by atoms with E-state index in [2.05, 4.69) is 5.32 Å². The number of halogens is 3. The van der Waals surface area contributed by atoms with Crippen molar-refractivity contribution in [2.24, 2.45) is 0 Å². The first-order valence-electron chi connectivity index (χ1n) is 11.0. The number of sulfonamides is 1. The topological polar surface area (TPSA) is 86.8 Å². The Labute approximate surface area is 222 Å². The summed E-state index contributed by atoms with van der Waals surface area (Å²) in [4.78, 5) is 27.8. The van der Waals surface area contributed by atoms with Crippen LogP contribution in [0.25, 0.3) is 0 Å². The van der Waals surface area contributed by atoms with Crippen molar-refractivity contribution in [2.45, 2.75) is 52.7 Å². The molecule has 1 N–H and O–H groups in total. The molecule has 11 heteroatoms. The summed E-state index contributed by atoms with van der Waals surface area (Å²) in [5, 5.41) is 4.00. The van der Waals surface area contributed by atoms with E-state index in [4.69, 9.17) is 34.8 Å². The number of rotatable bonds is 10. The molecule has 0 radical (unpaired) electrons. The van der Waals surface area contributed by atoms with Gasteiger partial charge in [-0.05, 0) is 62.6 Å². The van der Waals surface area contributed by atoms with Crippen molar-refractivity contribution in [1.29, 1.82) is 0 Å². The Balaban J connectivity index is 2.47. The highest BCUT2D eigenvalue weighted by Gasteiger charge is 2.31. The second kappa shape index (κ2) is 12.3. The first kappa shape index (κ1) is 29.2. The molecule has 0 fully saturated rings. The van der Waals surface area contributed by atoms with E-state index in [0.717, 1.165) is 10.6 Å². The van der Waals surface area contributed by atoms with Crippen LogP contribution in [0.2, 0.25) is 15.1 Å². The molecule has 0 aliphatic heterocycles. The molecular weight excluding hydrogens is 533 g/mol. The molecule has 0 heterocycles. The zero-order valence-electron chi connectivity index (χ0n) is 20.3. The molecule has 2 aromatic carbocycles. The normalized spacial score (nSPS) is 13.1. The van der Waals surface area contributed by atoms with Gasteiger partial charge in [-0.1, -0.05) is 53.9 Å². The van der Waals surface area contributed by atoms with E-state index in [9.17, 15) is 18.0 Å². The summed E-state index contributed by atoms with van der Waals surface area (Å²) in [6.45, 7) is 6.52. The second-order valence-electron chi connectivity index (χ2n) is 8.40. The van der Waals surface area contributed by atoms with Crippen LogP contribution in [0.15, 0.2) is 36.4 Å². The van der Waals surface area contributed by atoms with Gasteiger partial charge in [0.25, 0.3) is 0 Å². The van der Waals surface area contributed by atoms with Crippen molar-refractivity contribution in [1.82, 2.24) is 10.2 Å². The maximum absolute atomic E-state index is 13.6. The van der Waals surface area contributed by atoms with E-state index in [1.165, 1.54) is 4.90 Å². The Morgan fingerprint density at radius 2 is 1.71 bits per heavy atom. The first-order chi connectivity index (χ1) is 16.3. The van der Waals surface area contributed by atoms with Gasteiger partial charge in [0.1, 0.15) is 12.6 Å². The SMILES string of the molecule is CCC(C)NC(=O)C(C)N(Cc1ccc(Cl)cc1Cl)C(=O)CN(c1cccc(Cl)c1C)S(C)(=O)=O. The van der Waals surface area contributed by atoms with Gasteiger partial charge in [-0.25, -0.2) is 8.42 Å². The lowest BCUT2D eigenvalue weighted by molar-refractivity contribution is -0.139. The number of nitrogens with zero attached hydrogens (tertiary/aromatic N) is 2. The molecule has 0 aromatic heterocycles. The molecule has 2 atom stereocenters. The zero-order valence-corrected chi connectivity index (χ0v) is 23.4. The zero-order chi connectivity index (χ0) is 26.5. The summed E-state index contributed by atoms with van der Waals surface area (Å²) in [5.41, 5.74) is 1.37. The van der Waals surface area contributed by atoms with Crippen LogP contribution in [-0.4, -0.2) is 50.0 Å². The van der Waals surface area contributed by atoms with Gasteiger partial charge >= 0.3 is 0 Å². The number of hydrogen-bond acceptors (Lipinski definition) is 4. The Morgan fingerprint density at radius 3 is 2.29 bits per heavy atom. The van der Waals surface area contributed by atoms with E-state index >= 15 is 0 Å². The van der Waals surface area contributed by atoms with Crippen molar-refractivity contribution in [3.63, 3.8) is 0 Å². The van der Waals surface area contributed by atoms with Gasteiger partial charge < -0.3 is 10.2 Å². The number of nitrogens with one attached hydrogen (secondary N) is 1. The van der Waals surface area contributed by atoms with Crippen molar-refractivity contribution >= 4 is 62.3 Å². The molecule has 0 aliphatic rings. The summed E-state index contributed by atoms with van der Waals surface area (Å²) in [5.74, 6) is -0.935. The average Bonchev–Trinajstić information content (AvgIpc) is 2.77. The number of hydrogen-bond donors (Lipinski definition) is 1. The van der Waals surface area contributed by atoms with Gasteiger partial charge in [0, 0.05) is 27.7 Å². The lowest BCUT2D eigenvalue weighted by Gasteiger charge is -2.32. The largest absolute Gasteiger partial charge is 0.352 e. The molecule has 0 bridgehead atoms. The van der Waals surface area contributed by atoms with Crippen molar-refractivity contribution < 1.29 is 18.0 Å². The summed E-state index contributed by atoms with van der Waals surface area (Å²) in [6, 6.07) is 8.68. The molecule has 2 unspecified atom stereocenters. The van der Waals surface area contributed by atoms with Crippen LogP contribution >= 0.6 is 34.8 Å². The van der Waals surface area contributed by atoms with Crippen LogP contribution < -0.4 is 9.62 Å². The van der Waals surface area contributed by atoms with E-state index in [0.29, 0.717) is 32.6 Å². The lowest BCUT2D eigenvalue weighted by Crippen LogP contribution is -2.52. The predicted molar refractivity (Wildman–Crippen MR) is 143 cm³/mol. The molecule has 0 saturated carbocycles. The highest BCUT2D eigenvalue weighted by atomic mass is 35.5. The number of carbonyl (C=O) groups excluding carboxylic acids is 2. The van der Waals surface area contributed by atoms with Gasteiger partial charge in [0.05, 0.1) is 11.9 Å². The van der Waals surface area contributed by atoms with Gasteiger partial charge in [0.2, 0.25) is 21.8 Å². The number of benzene rings is 2. The van der Waals surface area contributed by atoms with Gasteiger partial charge in [-0.15, -0.1) is 0 Å². The molecule has 7 nitrogen and oxygen atoms in total. The fraction of sp³-hybridized carbons (Fsp3) is 0.417. The predicted octanol–water partition coefficient (Wildman–Crippen LogP) is 5.05. The van der Waals surface area contributed by atoms with Gasteiger partial charge in [-0.2, -0.15) is 0 Å². The molecule has 35 heavy (non-hydrogen) atoms. The number of amides is 2. The Bertz CT molecular complexity index is 1190. The Hall–Kier alpha value is -2.00. The molecule has 2 aromatic rings. The summed E-state index contributed by atoms with van der Waals surface area (Å²) in [7, 11) is -3.86. The second-order valence-corrected chi connectivity index (χ2v) is 11.6. The van der Waals surface area contributed by atoms with Crippen LogP contribution in [0.1, 0.15) is 38.3 Å². The molecule has 2 amide bonds. The van der Waals surface area contributed by atoms with E-state index in [1.54, 1.807) is 50.2 Å². The smallest absolute Gasteiger partial charge is 0.244 e. The third kappa shape index (κ3) is 7.74. The Morgan fingerprint density at radius 1 is 1.06 bits per heavy atom. The molecule has 0 saturated heterocycles. The molecule has 2 rings (SSSR count). The highest BCUT2D eigenvalue weighted by molar-refractivity contribution is 7.92. The van der Waals surface area contributed by atoms with Crippen molar-refractivity contribution in [3.8, 4) is 0 Å². The maximum atomic E-state index is 13.6. The third-order valence-electron chi connectivity index (χ3n) is 5.71. The summed E-state index contributed by atoms with van der Waals surface area (Å²) >= 11 is 18.5. The van der Waals surface area contributed by atoms with E-state index in [-0.39, 0.29) is 24.2 Å². The fourth-order valence-electron chi connectivity index (χ4n) is 3.34. The minimum atomic E-state index is -3.86. The molecule has 0 spiro atoms. The molecule has 192 valence electrons. The quantitative estimate of drug-likeness (QED) is 0.439. The van der Waals surface area contributed by atoms with Crippen LogP contribution in [0.3, 0.4) is 0 Å². The summed E-state index contributed by atoms with van der Waals surface area (Å²) in [6.07, 6.45) is 1.73. The Kier molecular flexibility index (Phi) is 10.3. The van der Waals surface area contributed by atoms with Crippen LogP contribution in [0.4, 0.5) is 5.69 Å². The first-order valence-corrected chi connectivity index (χ1v) is 14.0. The van der Waals surface area contributed by atoms with E-state index in [1.807, 2.05) is 13.8 Å². The number of anilines is 1. The number of carbonyl (C=O) groups is 2. The van der Waals surface area contributed by atoms with Crippen molar-refractivity contribution in [2.75, 3.05) is 17.1 Å². The summed E-state index contributed by atoms with van der Waals surface area (Å²) < 4.78 is 26.4. The van der Waals surface area contributed by atoms with Gasteiger partial charge in [-0.3, -0.25) is 13.9 Å². The third-order valence-corrected chi connectivity index (χ3v) is 7.83. The van der Waals surface area contributed by atoms with E-state index < -0.39 is 28.5 Å². The average molecular weight is 563 g/mol. The standard InChI is InChI=1S/C24H30Cl3N3O4S/c1-6-15(2)28-24(32)17(4)29(13-18-10-11-19(25)12-21(18)27)23(31)14-30(35(5,33)34)22-9-7-8-20(26)16(22)3/h7-12,15,17H,6,13-14H2,1-5H3,(H,28,32). The van der Waals surface area contributed by atoms with Crippen LogP contribution in [0.5, 0.6) is 0 Å². The maximum Gasteiger partial charge on any atom is 0.244 e.